The molecule has 0 amide bonds. The lowest BCUT2D eigenvalue weighted by Gasteiger charge is -2.17. The quantitative estimate of drug-likeness (QED) is 0.873. The van der Waals surface area contributed by atoms with Crippen LogP contribution in [-0.4, -0.2) is 7.11 Å². The molecule has 1 unspecified atom stereocenters. The first-order valence-corrected chi connectivity index (χ1v) is 6.88. The summed E-state index contributed by atoms with van der Waals surface area (Å²) in [5, 5.41) is 0. The van der Waals surface area contributed by atoms with E-state index < -0.39 is 17.8 Å². The molecule has 6 heteroatoms. The molecule has 2 N–H and O–H groups in total. The maximum atomic E-state index is 12.8. The highest BCUT2D eigenvalue weighted by atomic mass is 79.9. The van der Waals surface area contributed by atoms with Crippen LogP contribution in [0.5, 0.6) is 5.75 Å². The van der Waals surface area contributed by atoms with Gasteiger partial charge in [0.05, 0.1) is 18.7 Å². The standard InChI is InChI=1S/C15H13BrF3NO/c1-21-13-8-11(16)5-6-12(13)14(20)9-3-2-4-10(7-9)15(17,18)19/h2-8,14H,20H2,1H3. The van der Waals surface area contributed by atoms with E-state index in [-0.39, 0.29) is 0 Å². The second-order valence-electron chi connectivity index (χ2n) is 4.49. The van der Waals surface area contributed by atoms with Gasteiger partial charge in [0, 0.05) is 10.0 Å². The number of methoxy groups -OCH3 is 1. The Balaban J connectivity index is 2.43. The molecule has 0 heterocycles. The molecule has 0 aliphatic rings. The van der Waals surface area contributed by atoms with Crippen LogP contribution in [0.15, 0.2) is 46.9 Å². The zero-order valence-corrected chi connectivity index (χ0v) is 12.7. The average molecular weight is 360 g/mol. The molecule has 21 heavy (non-hydrogen) atoms. The third-order valence-electron chi connectivity index (χ3n) is 3.10. The summed E-state index contributed by atoms with van der Waals surface area (Å²) >= 11 is 3.31. The summed E-state index contributed by atoms with van der Waals surface area (Å²) in [6, 6.07) is 9.53. The minimum Gasteiger partial charge on any atom is -0.496 e. The van der Waals surface area contributed by atoms with Crippen LogP contribution in [0.1, 0.15) is 22.7 Å². The van der Waals surface area contributed by atoms with Gasteiger partial charge in [0.15, 0.2) is 0 Å². The van der Waals surface area contributed by atoms with Gasteiger partial charge < -0.3 is 10.5 Å². The summed E-state index contributed by atoms with van der Waals surface area (Å²) < 4.78 is 44.3. The monoisotopic (exact) mass is 359 g/mol. The molecule has 0 aliphatic heterocycles. The Hall–Kier alpha value is -1.53. The van der Waals surface area contributed by atoms with Crippen molar-refractivity contribution in [2.24, 2.45) is 5.73 Å². The molecule has 2 rings (SSSR count). The number of rotatable bonds is 3. The third kappa shape index (κ3) is 3.57. The van der Waals surface area contributed by atoms with Gasteiger partial charge >= 0.3 is 6.18 Å². The molecule has 0 fully saturated rings. The molecule has 0 aromatic heterocycles. The molecule has 2 nitrogen and oxygen atoms in total. The fraction of sp³-hybridized carbons (Fsp3) is 0.200. The van der Waals surface area contributed by atoms with E-state index in [1.165, 1.54) is 13.2 Å². The van der Waals surface area contributed by atoms with Gasteiger partial charge in [0.2, 0.25) is 0 Å². The van der Waals surface area contributed by atoms with Crippen molar-refractivity contribution in [3.63, 3.8) is 0 Å². The Kier molecular flexibility index (Phi) is 4.58. The van der Waals surface area contributed by atoms with Gasteiger partial charge in [-0.25, -0.2) is 0 Å². The van der Waals surface area contributed by atoms with E-state index in [4.69, 9.17) is 10.5 Å². The normalized spacial score (nSPS) is 13.0. The van der Waals surface area contributed by atoms with Crippen molar-refractivity contribution in [2.45, 2.75) is 12.2 Å². The number of benzene rings is 2. The Bertz CT molecular complexity index is 643. The molecular formula is C15H13BrF3NO. The SMILES string of the molecule is COc1cc(Br)ccc1C(N)c1cccc(C(F)(F)F)c1. The van der Waals surface area contributed by atoms with Gasteiger partial charge in [-0.15, -0.1) is 0 Å². The van der Waals surface area contributed by atoms with E-state index in [0.717, 1.165) is 16.6 Å². The van der Waals surface area contributed by atoms with E-state index in [9.17, 15) is 13.2 Å². The summed E-state index contributed by atoms with van der Waals surface area (Å²) in [7, 11) is 1.49. The zero-order chi connectivity index (χ0) is 15.6. The van der Waals surface area contributed by atoms with Crippen LogP contribution in [0, 0.1) is 0 Å². The lowest BCUT2D eigenvalue weighted by Crippen LogP contribution is -2.14. The van der Waals surface area contributed by atoms with Crippen LogP contribution in [0.3, 0.4) is 0 Å². The highest BCUT2D eigenvalue weighted by Gasteiger charge is 2.31. The van der Waals surface area contributed by atoms with E-state index >= 15 is 0 Å². The summed E-state index contributed by atoms with van der Waals surface area (Å²) in [6.45, 7) is 0. The fourth-order valence-electron chi connectivity index (χ4n) is 2.03. The van der Waals surface area contributed by atoms with Crippen molar-refractivity contribution in [3.8, 4) is 5.75 Å². The van der Waals surface area contributed by atoms with Crippen molar-refractivity contribution in [1.82, 2.24) is 0 Å². The summed E-state index contributed by atoms with van der Waals surface area (Å²) in [5.41, 5.74) is 6.38. The summed E-state index contributed by atoms with van der Waals surface area (Å²) in [6.07, 6.45) is -4.39. The first-order valence-electron chi connectivity index (χ1n) is 6.09. The Morgan fingerprint density at radius 3 is 2.48 bits per heavy atom. The van der Waals surface area contributed by atoms with E-state index in [1.807, 2.05) is 0 Å². The highest BCUT2D eigenvalue weighted by molar-refractivity contribution is 9.10. The molecule has 1 atom stereocenters. The van der Waals surface area contributed by atoms with Crippen molar-refractivity contribution in [2.75, 3.05) is 7.11 Å². The molecular weight excluding hydrogens is 347 g/mol. The average Bonchev–Trinajstić information content (AvgIpc) is 2.45. The van der Waals surface area contributed by atoms with Crippen molar-refractivity contribution in [1.29, 1.82) is 0 Å². The van der Waals surface area contributed by atoms with E-state index in [2.05, 4.69) is 15.9 Å². The van der Waals surface area contributed by atoms with Gasteiger partial charge in [-0.3, -0.25) is 0 Å². The zero-order valence-electron chi connectivity index (χ0n) is 11.1. The molecule has 0 aliphatic carbocycles. The lowest BCUT2D eigenvalue weighted by molar-refractivity contribution is -0.137. The predicted octanol–water partition coefficient (Wildman–Crippen LogP) is 4.52. The molecule has 0 bridgehead atoms. The molecule has 2 aromatic rings. The van der Waals surface area contributed by atoms with Crippen LogP contribution >= 0.6 is 15.9 Å². The maximum Gasteiger partial charge on any atom is 0.416 e. The number of halogens is 4. The molecule has 0 radical (unpaired) electrons. The number of alkyl halides is 3. The van der Waals surface area contributed by atoms with Crippen LogP contribution in [0.4, 0.5) is 13.2 Å². The second kappa shape index (κ2) is 6.07. The van der Waals surface area contributed by atoms with Crippen molar-refractivity contribution in [3.05, 3.63) is 63.6 Å². The van der Waals surface area contributed by atoms with Crippen LogP contribution in [-0.2, 0) is 6.18 Å². The number of hydrogen-bond acceptors (Lipinski definition) is 2. The minimum atomic E-state index is -4.39. The largest absolute Gasteiger partial charge is 0.496 e. The Morgan fingerprint density at radius 2 is 1.86 bits per heavy atom. The smallest absolute Gasteiger partial charge is 0.416 e. The molecule has 0 saturated carbocycles. The van der Waals surface area contributed by atoms with Crippen molar-refractivity contribution < 1.29 is 17.9 Å². The molecule has 112 valence electrons. The van der Waals surface area contributed by atoms with E-state index in [1.54, 1.807) is 24.3 Å². The second-order valence-corrected chi connectivity index (χ2v) is 5.40. The van der Waals surface area contributed by atoms with Crippen LogP contribution in [0.2, 0.25) is 0 Å². The number of hydrogen-bond donors (Lipinski definition) is 1. The fourth-order valence-corrected chi connectivity index (χ4v) is 2.37. The molecule has 2 aromatic carbocycles. The first-order chi connectivity index (χ1) is 9.82. The third-order valence-corrected chi connectivity index (χ3v) is 3.60. The topological polar surface area (TPSA) is 35.2 Å². The van der Waals surface area contributed by atoms with Gasteiger partial charge in [-0.05, 0) is 29.8 Å². The van der Waals surface area contributed by atoms with Gasteiger partial charge in [0.25, 0.3) is 0 Å². The minimum absolute atomic E-state index is 0.380. The first kappa shape index (κ1) is 15.9. The van der Waals surface area contributed by atoms with Gasteiger partial charge in [0.1, 0.15) is 5.75 Å². The lowest BCUT2D eigenvalue weighted by atomic mass is 9.97. The van der Waals surface area contributed by atoms with Crippen molar-refractivity contribution >= 4 is 15.9 Å². The molecule has 0 saturated heterocycles. The maximum absolute atomic E-state index is 12.8. The van der Waals surface area contributed by atoms with Gasteiger partial charge in [-0.2, -0.15) is 13.2 Å². The summed E-state index contributed by atoms with van der Waals surface area (Å²) in [4.78, 5) is 0. The molecule has 0 spiro atoms. The van der Waals surface area contributed by atoms with Crippen LogP contribution < -0.4 is 10.5 Å². The number of ether oxygens (including phenoxy) is 1. The van der Waals surface area contributed by atoms with E-state index in [0.29, 0.717) is 16.9 Å². The number of nitrogens with two attached hydrogens (primary N) is 1. The summed E-state index contributed by atoms with van der Waals surface area (Å²) in [5.74, 6) is 0.522. The van der Waals surface area contributed by atoms with Gasteiger partial charge in [-0.1, -0.05) is 34.1 Å². The Labute approximate surface area is 128 Å². The highest BCUT2D eigenvalue weighted by Crippen LogP contribution is 2.34. The Morgan fingerprint density at radius 1 is 1.14 bits per heavy atom. The predicted molar refractivity (Wildman–Crippen MR) is 78.2 cm³/mol. The van der Waals surface area contributed by atoms with Crippen LogP contribution in [0.25, 0.3) is 0 Å².